The molecule has 1 unspecified atom stereocenters. The molecule has 1 atom stereocenters. The zero-order valence-corrected chi connectivity index (χ0v) is 10.8. The van der Waals surface area contributed by atoms with Crippen LogP contribution in [0.1, 0.15) is 26.2 Å². The molecule has 0 fully saturated rings. The van der Waals surface area contributed by atoms with Crippen molar-refractivity contribution in [2.75, 3.05) is 25.1 Å². The van der Waals surface area contributed by atoms with E-state index in [1.807, 2.05) is 0 Å². The Hall–Kier alpha value is -0.620. The summed E-state index contributed by atoms with van der Waals surface area (Å²) in [5, 5.41) is 2.59. The molecule has 1 amide bonds. The molecule has 0 aromatic heterocycles. The van der Waals surface area contributed by atoms with Gasteiger partial charge in [-0.3, -0.25) is 4.79 Å². The van der Waals surface area contributed by atoms with Gasteiger partial charge in [-0.25, -0.2) is 8.42 Å². The number of hydrogen-bond acceptors (Lipinski definition) is 4. The van der Waals surface area contributed by atoms with Crippen LogP contribution in [0, 0.1) is 5.92 Å². The summed E-state index contributed by atoms with van der Waals surface area (Å²) in [6, 6.07) is 0. The fourth-order valence-corrected chi connectivity index (χ4v) is 1.74. The van der Waals surface area contributed by atoms with E-state index < -0.39 is 9.84 Å². The van der Waals surface area contributed by atoms with Crippen molar-refractivity contribution in [3.8, 4) is 0 Å². The predicted molar refractivity (Wildman–Crippen MR) is 64.8 cm³/mol. The fraction of sp³-hybridized carbons (Fsp3) is 0.900. The highest BCUT2D eigenvalue weighted by atomic mass is 32.2. The Balaban J connectivity index is 3.60. The van der Waals surface area contributed by atoms with Crippen LogP contribution in [0.15, 0.2) is 0 Å². The minimum absolute atomic E-state index is 0.00288. The smallest absolute Gasteiger partial charge is 0.220 e. The first kappa shape index (κ1) is 15.4. The Bertz CT molecular complexity index is 301. The van der Waals surface area contributed by atoms with E-state index in [2.05, 4.69) is 12.2 Å². The minimum Gasteiger partial charge on any atom is -0.355 e. The number of carbonyl (C=O) groups is 1. The standard InChI is InChI=1S/C10H22N2O3S/c1-9(5-6-11)3-4-10(13)12-7-8-16(2,14)15/h9H,3-8,11H2,1-2H3,(H,12,13). The first-order valence-electron chi connectivity index (χ1n) is 5.49. The lowest BCUT2D eigenvalue weighted by Gasteiger charge is -2.09. The summed E-state index contributed by atoms with van der Waals surface area (Å²) < 4.78 is 21.6. The molecule has 5 nitrogen and oxygen atoms in total. The molecule has 96 valence electrons. The highest BCUT2D eigenvalue weighted by molar-refractivity contribution is 7.90. The number of carbonyl (C=O) groups excluding carboxylic acids is 1. The Labute approximate surface area is 97.7 Å². The van der Waals surface area contributed by atoms with E-state index in [0.29, 0.717) is 18.9 Å². The van der Waals surface area contributed by atoms with Crippen molar-refractivity contribution in [2.45, 2.75) is 26.2 Å². The third-order valence-corrected chi connectivity index (χ3v) is 3.26. The molecule has 0 saturated carbocycles. The van der Waals surface area contributed by atoms with Crippen molar-refractivity contribution in [1.29, 1.82) is 0 Å². The number of rotatable bonds is 8. The highest BCUT2D eigenvalue weighted by Gasteiger charge is 2.07. The van der Waals surface area contributed by atoms with Crippen LogP contribution in [0.3, 0.4) is 0 Å². The van der Waals surface area contributed by atoms with E-state index in [0.717, 1.165) is 19.1 Å². The molecule has 0 aliphatic heterocycles. The third kappa shape index (κ3) is 9.92. The van der Waals surface area contributed by atoms with Gasteiger partial charge in [-0.05, 0) is 25.3 Å². The van der Waals surface area contributed by atoms with E-state index in [9.17, 15) is 13.2 Å². The fourth-order valence-electron chi connectivity index (χ4n) is 1.27. The predicted octanol–water partition coefficient (Wildman–Crippen LogP) is -0.0877. The third-order valence-electron chi connectivity index (χ3n) is 2.32. The van der Waals surface area contributed by atoms with Crippen LogP contribution in [-0.4, -0.2) is 39.4 Å². The summed E-state index contributed by atoms with van der Waals surface area (Å²) in [7, 11) is -2.99. The van der Waals surface area contributed by atoms with Crippen LogP contribution >= 0.6 is 0 Å². The first-order valence-corrected chi connectivity index (χ1v) is 7.55. The lowest BCUT2D eigenvalue weighted by molar-refractivity contribution is -0.121. The molecule has 0 saturated heterocycles. The van der Waals surface area contributed by atoms with Gasteiger partial charge in [-0.2, -0.15) is 0 Å². The van der Waals surface area contributed by atoms with Gasteiger partial charge in [-0.15, -0.1) is 0 Å². The van der Waals surface area contributed by atoms with Crippen molar-refractivity contribution in [3.05, 3.63) is 0 Å². The molecule has 3 N–H and O–H groups in total. The van der Waals surface area contributed by atoms with Crippen molar-refractivity contribution in [1.82, 2.24) is 5.32 Å². The normalized spacial score (nSPS) is 13.4. The van der Waals surface area contributed by atoms with Crippen LogP contribution in [0.5, 0.6) is 0 Å². The van der Waals surface area contributed by atoms with E-state index in [-0.39, 0.29) is 18.2 Å². The lowest BCUT2D eigenvalue weighted by atomic mass is 10.0. The van der Waals surface area contributed by atoms with Gasteiger partial charge in [0.1, 0.15) is 9.84 Å². The van der Waals surface area contributed by atoms with Crippen LogP contribution in [0.4, 0.5) is 0 Å². The largest absolute Gasteiger partial charge is 0.355 e. The number of hydrogen-bond donors (Lipinski definition) is 2. The SMILES string of the molecule is CC(CCN)CCC(=O)NCCS(C)(=O)=O. The van der Waals surface area contributed by atoms with Gasteiger partial charge in [0.2, 0.25) is 5.91 Å². The second-order valence-corrected chi connectivity index (χ2v) is 6.46. The summed E-state index contributed by atoms with van der Waals surface area (Å²) in [6.45, 7) is 2.89. The molecular weight excluding hydrogens is 228 g/mol. The molecule has 0 radical (unpaired) electrons. The van der Waals surface area contributed by atoms with Crippen molar-refractivity contribution < 1.29 is 13.2 Å². The summed E-state index contributed by atoms with van der Waals surface area (Å²) in [5.41, 5.74) is 5.40. The topological polar surface area (TPSA) is 89.3 Å². The van der Waals surface area contributed by atoms with Crippen LogP contribution in [-0.2, 0) is 14.6 Å². The molecular formula is C10H22N2O3S. The second-order valence-electron chi connectivity index (χ2n) is 4.20. The van der Waals surface area contributed by atoms with Gasteiger partial charge in [0, 0.05) is 19.2 Å². The monoisotopic (exact) mass is 250 g/mol. The summed E-state index contributed by atoms with van der Waals surface area (Å²) in [6.07, 6.45) is 3.30. The second kappa shape index (κ2) is 7.62. The van der Waals surface area contributed by atoms with E-state index in [1.54, 1.807) is 0 Å². The van der Waals surface area contributed by atoms with Gasteiger partial charge >= 0.3 is 0 Å². The van der Waals surface area contributed by atoms with Gasteiger partial charge in [0.05, 0.1) is 5.75 Å². The molecule has 16 heavy (non-hydrogen) atoms. The summed E-state index contributed by atoms with van der Waals surface area (Å²) >= 11 is 0. The summed E-state index contributed by atoms with van der Waals surface area (Å²) in [4.78, 5) is 11.3. The minimum atomic E-state index is -2.99. The Morgan fingerprint density at radius 1 is 1.38 bits per heavy atom. The molecule has 6 heteroatoms. The zero-order valence-electron chi connectivity index (χ0n) is 10.0. The molecule has 0 aromatic rings. The Morgan fingerprint density at radius 2 is 2.00 bits per heavy atom. The number of sulfone groups is 1. The summed E-state index contributed by atoms with van der Waals surface area (Å²) in [5.74, 6) is 0.343. The highest BCUT2D eigenvalue weighted by Crippen LogP contribution is 2.08. The van der Waals surface area contributed by atoms with Crippen LogP contribution in [0.2, 0.25) is 0 Å². The van der Waals surface area contributed by atoms with Crippen LogP contribution < -0.4 is 11.1 Å². The molecule has 0 aromatic carbocycles. The number of amides is 1. The van der Waals surface area contributed by atoms with Crippen LogP contribution in [0.25, 0.3) is 0 Å². The zero-order chi connectivity index (χ0) is 12.6. The molecule has 0 spiro atoms. The van der Waals surface area contributed by atoms with Gasteiger partial charge < -0.3 is 11.1 Å². The van der Waals surface area contributed by atoms with E-state index in [1.165, 1.54) is 0 Å². The maximum atomic E-state index is 11.3. The number of nitrogens with one attached hydrogen (secondary N) is 1. The molecule has 0 rings (SSSR count). The average Bonchev–Trinajstić information content (AvgIpc) is 2.13. The number of nitrogens with two attached hydrogens (primary N) is 1. The van der Waals surface area contributed by atoms with Gasteiger partial charge in [0.25, 0.3) is 0 Å². The van der Waals surface area contributed by atoms with Crippen molar-refractivity contribution >= 4 is 15.7 Å². The average molecular weight is 250 g/mol. The maximum Gasteiger partial charge on any atom is 0.220 e. The first-order chi connectivity index (χ1) is 7.35. The van der Waals surface area contributed by atoms with E-state index in [4.69, 9.17) is 5.73 Å². The molecule has 0 aliphatic carbocycles. The van der Waals surface area contributed by atoms with E-state index >= 15 is 0 Å². The van der Waals surface area contributed by atoms with Crippen molar-refractivity contribution in [3.63, 3.8) is 0 Å². The molecule has 0 aliphatic rings. The Kier molecular flexibility index (Phi) is 7.33. The van der Waals surface area contributed by atoms with Gasteiger partial charge in [-0.1, -0.05) is 6.92 Å². The molecule has 0 heterocycles. The molecule has 0 bridgehead atoms. The quantitative estimate of drug-likeness (QED) is 0.630. The van der Waals surface area contributed by atoms with Gasteiger partial charge in [0.15, 0.2) is 0 Å². The lowest BCUT2D eigenvalue weighted by Crippen LogP contribution is -2.28. The Morgan fingerprint density at radius 3 is 2.50 bits per heavy atom. The van der Waals surface area contributed by atoms with Crippen molar-refractivity contribution in [2.24, 2.45) is 11.7 Å². The maximum absolute atomic E-state index is 11.3.